The second-order valence-corrected chi connectivity index (χ2v) is 16.0. The highest BCUT2D eigenvalue weighted by Gasteiger charge is 2.54. The number of pyridine rings is 3. The van der Waals surface area contributed by atoms with Crippen molar-refractivity contribution in [1.29, 1.82) is 0 Å². The van der Waals surface area contributed by atoms with Gasteiger partial charge >= 0.3 is 0 Å². The van der Waals surface area contributed by atoms with Crippen molar-refractivity contribution in [3.05, 3.63) is 235 Å². The topological polar surface area (TPSA) is 201 Å². The van der Waals surface area contributed by atoms with Gasteiger partial charge in [0.25, 0.3) is 23.1 Å². The predicted molar refractivity (Wildman–Crippen MR) is 250 cm³/mol. The third kappa shape index (κ3) is 8.09. The first-order chi connectivity index (χ1) is 31.8. The zero-order chi connectivity index (χ0) is 46.1. The Morgan fingerprint density at radius 1 is 0.242 bits per heavy atom. The first-order valence-electron chi connectivity index (χ1n) is 21.0. The SMILES string of the molecule is OC(O)(c1ccc(-c2ccccc2)nc1)C(O)(O)c1cc(-c2ccccc2-c2cnc(-c3ccccc3)cc2-c2ccccc2)cc(C(O)(O)C(O)(O)c2ccc(-c3ccccc3)nc2)c1. The van der Waals surface area contributed by atoms with Crippen LogP contribution in [0.5, 0.6) is 0 Å². The summed E-state index contributed by atoms with van der Waals surface area (Å²) < 4.78 is 0. The van der Waals surface area contributed by atoms with E-state index in [1.807, 2.05) is 133 Å². The first kappa shape index (κ1) is 43.7. The normalized spacial score (nSPS) is 12.2. The van der Waals surface area contributed by atoms with Crippen LogP contribution in [0.3, 0.4) is 0 Å². The lowest BCUT2D eigenvalue weighted by Crippen LogP contribution is -2.51. The lowest BCUT2D eigenvalue weighted by atomic mass is 9.83. The van der Waals surface area contributed by atoms with Crippen LogP contribution in [0, 0.1) is 0 Å². The molecule has 0 aliphatic rings. The van der Waals surface area contributed by atoms with E-state index in [1.54, 1.807) is 24.4 Å². The zero-order valence-electron chi connectivity index (χ0n) is 35.1. The average molecular weight is 874 g/mol. The third-order valence-electron chi connectivity index (χ3n) is 11.8. The van der Waals surface area contributed by atoms with Crippen LogP contribution in [-0.2, 0) is 23.1 Å². The molecule has 3 aromatic heterocycles. The highest BCUT2D eigenvalue weighted by atomic mass is 16.6. The molecule has 0 radical (unpaired) electrons. The van der Waals surface area contributed by atoms with E-state index in [9.17, 15) is 40.9 Å². The summed E-state index contributed by atoms with van der Waals surface area (Å²) in [5.41, 5.74) is 5.17. The summed E-state index contributed by atoms with van der Waals surface area (Å²) in [7, 11) is 0. The summed E-state index contributed by atoms with van der Waals surface area (Å²) in [5, 5.41) is 95.0. The number of hydrogen-bond donors (Lipinski definition) is 8. The molecule has 9 rings (SSSR count). The van der Waals surface area contributed by atoms with Crippen molar-refractivity contribution in [2.45, 2.75) is 23.1 Å². The molecular weight excluding hydrogens is 831 g/mol. The third-order valence-corrected chi connectivity index (χ3v) is 11.8. The zero-order valence-corrected chi connectivity index (χ0v) is 35.1. The van der Waals surface area contributed by atoms with E-state index in [1.165, 1.54) is 36.4 Å². The van der Waals surface area contributed by atoms with Crippen molar-refractivity contribution in [3.63, 3.8) is 0 Å². The molecule has 6 aromatic carbocycles. The molecule has 0 aliphatic carbocycles. The molecule has 66 heavy (non-hydrogen) atoms. The summed E-state index contributed by atoms with van der Waals surface area (Å²) in [4.78, 5) is 13.5. The highest BCUT2D eigenvalue weighted by Crippen LogP contribution is 2.46. The van der Waals surface area contributed by atoms with Crippen LogP contribution in [-0.4, -0.2) is 55.8 Å². The van der Waals surface area contributed by atoms with Gasteiger partial charge in [-0.05, 0) is 76.3 Å². The molecule has 0 bridgehead atoms. The Hall–Kier alpha value is -7.55. The van der Waals surface area contributed by atoms with E-state index in [0.29, 0.717) is 33.8 Å². The Kier molecular flexibility index (Phi) is 11.5. The lowest BCUT2D eigenvalue weighted by Gasteiger charge is -2.38. The summed E-state index contributed by atoms with van der Waals surface area (Å²) in [6.07, 6.45) is 3.89. The van der Waals surface area contributed by atoms with Gasteiger partial charge in [0.15, 0.2) is 0 Å². The van der Waals surface area contributed by atoms with Gasteiger partial charge in [-0.1, -0.05) is 146 Å². The molecule has 326 valence electrons. The predicted octanol–water partition coefficient (Wildman–Crippen LogP) is 7.82. The van der Waals surface area contributed by atoms with Gasteiger partial charge < -0.3 is 40.9 Å². The quantitative estimate of drug-likeness (QED) is 0.0557. The minimum atomic E-state index is -3.61. The van der Waals surface area contributed by atoms with Crippen molar-refractivity contribution in [2.75, 3.05) is 0 Å². The molecule has 0 saturated carbocycles. The number of hydrogen-bond acceptors (Lipinski definition) is 11. The smallest absolute Gasteiger partial charge is 0.252 e. The minimum absolute atomic E-state index is 0.0888. The van der Waals surface area contributed by atoms with Gasteiger partial charge in [-0.25, -0.2) is 0 Å². The number of rotatable bonds is 12. The van der Waals surface area contributed by atoms with Gasteiger partial charge in [-0.3, -0.25) is 15.0 Å². The summed E-state index contributed by atoms with van der Waals surface area (Å²) in [6, 6.07) is 55.3. The highest BCUT2D eigenvalue weighted by molar-refractivity contribution is 5.92. The Balaban J connectivity index is 1.21. The monoisotopic (exact) mass is 873 g/mol. The molecule has 0 fully saturated rings. The Morgan fingerprint density at radius 2 is 0.606 bits per heavy atom. The number of aromatic nitrogens is 3. The van der Waals surface area contributed by atoms with E-state index < -0.39 is 45.4 Å². The van der Waals surface area contributed by atoms with Gasteiger partial charge in [-0.15, -0.1) is 0 Å². The number of aliphatic hydroxyl groups is 8. The van der Waals surface area contributed by atoms with E-state index in [0.717, 1.165) is 46.3 Å². The molecule has 0 amide bonds. The average Bonchev–Trinajstić information content (AvgIpc) is 3.37. The van der Waals surface area contributed by atoms with Gasteiger partial charge in [0, 0.05) is 63.1 Å². The second-order valence-electron chi connectivity index (χ2n) is 16.0. The molecule has 0 atom stereocenters. The van der Waals surface area contributed by atoms with Crippen LogP contribution in [0.2, 0.25) is 0 Å². The fourth-order valence-corrected chi connectivity index (χ4v) is 8.01. The van der Waals surface area contributed by atoms with Crippen LogP contribution in [0.4, 0.5) is 0 Å². The van der Waals surface area contributed by atoms with E-state index in [-0.39, 0.29) is 5.56 Å². The Labute approximate surface area is 379 Å². The van der Waals surface area contributed by atoms with Crippen LogP contribution in [0.15, 0.2) is 213 Å². The molecular formula is C55H43N3O8. The van der Waals surface area contributed by atoms with Crippen LogP contribution < -0.4 is 0 Å². The lowest BCUT2D eigenvalue weighted by molar-refractivity contribution is -0.378. The Morgan fingerprint density at radius 3 is 1.03 bits per heavy atom. The molecule has 11 heteroatoms. The number of benzene rings is 6. The molecule has 9 aromatic rings. The molecule has 0 aliphatic heterocycles. The fraction of sp³-hybridized carbons (Fsp3) is 0.0727. The van der Waals surface area contributed by atoms with E-state index in [4.69, 9.17) is 4.98 Å². The standard InChI is InChI=1S/C55H43N3O8/c59-52(60,41-25-27-49(56-33-41)37-17-7-2-8-18-37)54(63,64)43-29-40(30-44(31-43)55(65,66)53(61,62)42-26-28-50(57-34-42)38-19-9-3-10-20-38)45-23-13-14-24-46(45)48-35-58-51(39-21-11-4-12-22-39)32-47(48)36-15-5-1-6-16-36/h1-35,59-66H. The fourth-order valence-electron chi connectivity index (χ4n) is 8.01. The van der Waals surface area contributed by atoms with Gasteiger partial charge in [0.05, 0.1) is 17.1 Å². The van der Waals surface area contributed by atoms with Crippen molar-refractivity contribution < 1.29 is 40.9 Å². The molecule has 0 saturated heterocycles. The summed E-state index contributed by atoms with van der Waals surface area (Å²) >= 11 is 0. The first-order valence-corrected chi connectivity index (χ1v) is 21.0. The van der Waals surface area contributed by atoms with Gasteiger partial charge in [-0.2, -0.15) is 0 Å². The van der Waals surface area contributed by atoms with Crippen molar-refractivity contribution in [2.24, 2.45) is 0 Å². The maximum Gasteiger partial charge on any atom is 0.252 e. The van der Waals surface area contributed by atoms with E-state index in [2.05, 4.69) is 9.97 Å². The largest absolute Gasteiger partial charge is 0.357 e. The second kappa shape index (κ2) is 17.4. The molecule has 0 spiro atoms. The van der Waals surface area contributed by atoms with Crippen molar-refractivity contribution in [3.8, 4) is 67.2 Å². The molecule has 0 unspecified atom stereocenters. The molecule has 3 heterocycles. The van der Waals surface area contributed by atoms with Crippen molar-refractivity contribution >= 4 is 0 Å². The minimum Gasteiger partial charge on any atom is -0.357 e. The van der Waals surface area contributed by atoms with Crippen LogP contribution in [0.1, 0.15) is 22.3 Å². The molecule has 11 nitrogen and oxygen atoms in total. The Bertz CT molecular complexity index is 2990. The van der Waals surface area contributed by atoms with Crippen LogP contribution in [0.25, 0.3) is 67.2 Å². The van der Waals surface area contributed by atoms with Crippen LogP contribution >= 0.6 is 0 Å². The van der Waals surface area contributed by atoms with Crippen molar-refractivity contribution in [1.82, 2.24) is 15.0 Å². The number of nitrogens with zero attached hydrogens (tertiary/aromatic N) is 3. The molecule has 8 N–H and O–H groups in total. The van der Waals surface area contributed by atoms with E-state index >= 15 is 0 Å². The van der Waals surface area contributed by atoms with Gasteiger partial charge in [0.2, 0.25) is 0 Å². The summed E-state index contributed by atoms with van der Waals surface area (Å²) in [6.45, 7) is 0. The van der Waals surface area contributed by atoms with Gasteiger partial charge in [0.1, 0.15) is 0 Å². The maximum absolute atomic E-state index is 12.0. The summed E-state index contributed by atoms with van der Waals surface area (Å²) in [5.74, 6) is -14.2. The maximum atomic E-state index is 12.0.